The zero-order valence-electron chi connectivity index (χ0n) is 49.0. The van der Waals surface area contributed by atoms with Crippen LogP contribution >= 0.6 is 0 Å². The lowest BCUT2D eigenvalue weighted by atomic mass is 10.0. The van der Waals surface area contributed by atoms with E-state index in [1.807, 2.05) is 0 Å². The van der Waals surface area contributed by atoms with E-state index >= 15 is 0 Å². The molecular weight excluding hydrogens is 532 g/mol. The Labute approximate surface area is 293 Å². The van der Waals surface area contributed by atoms with Gasteiger partial charge in [-0.05, 0) is 82.7 Å². The summed E-state index contributed by atoms with van der Waals surface area (Å²) in [6.45, 7) is 0. The van der Waals surface area contributed by atoms with Crippen molar-refractivity contribution in [2.24, 2.45) is 0 Å². The minimum atomic E-state index is -1.00. The number of fused-ring (bicyclic) bond motifs is 6. The Morgan fingerprint density at radius 2 is 0.773 bits per heavy atom. The Bertz CT molecular complexity index is 3960. The molecule has 0 unspecified atom stereocenters. The predicted octanol–water partition coefficient (Wildman–Crippen LogP) is 11.2. The highest BCUT2D eigenvalue weighted by Crippen LogP contribution is 2.38. The van der Waals surface area contributed by atoms with Crippen LogP contribution in [0.3, 0.4) is 0 Å². The molecule has 206 valence electrons. The summed E-state index contributed by atoms with van der Waals surface area (Å²) in [4.78, 5) is 0. The molecule has 0 fully saturated rings. The number of rotatable bonds is 4. The smallest absolute Gasteiger partial charge is 0.0645 e. The molecule has 0 N–H and O–H groups in total. The fourth-order valence-electron chi connectivity index (χ4n) is 5.11. The third-order valence-electron chi connectivity index (χ3n) is 6.95. The third kappa shape index (κ3) is 3.82. The molecule has 0 amide bonds. The van der Waals surface area contributed by atoms with Crippen LogP contribution in [0.4, 0.5) is 0 Å². The van der Waals surface area contributed by atoms with Crippen molar-refractivity contribution in [3.05, 3.63) is 169 Å². The van der Waals surface area contributed by atoms with E-state index in [4.69, 9.17) is 28.8 Å². The molecule has 0 atom stereocenters. The summed E-state index contributed by atoms with van der Waals surface area (Å²) in [6.07, 6.45) is 0. The highest BCUT2D eigenvalue weighted by Gasteiger charge is 2.16. The number of benzene rings is 7. The molecule has 9 rings (SSSR count). The van der Waals surface area contributed by atoms with Gasteiger partial charge in [0.15, 0.2) is 0 Å². The fraction of sp³-hybridized carbons (Fsp3) is 0. The molecule has 0 aliphatic carbocycles. The van der Waals surface area contributed by atoms with E-state index in [2.05, 4.69) is 0 Å². The molecule has 2 heterocycles. The van der Waals surface area contributed by atoms with Gasteiger partial charge in [-0.3, -0.25) is 0 Å². The lowest BCUT2D eigenvalue weighted by Gasteiger charge is -2.11. The standard InChI is InChI=1S/C42H28N2/c1-3-12-29(13-4-1)30-14-11-17-34(26-30)44-40-21-10-8-19-36(40)38-28-32(23-25-42(38)44)31-22-24-41-37(27-31)35-18-7-9-20-39(35)43(41)33-15-5-2-6-16-33/h1-28H/i1D,2D,3D,4D,5D,6D,7D,8D,9D,10D,11D,12D,13D,14D,15D,16D,17D,18D,19D,20D,21D,22D,23D,24D,25D,27D,28D. The van der Waals surface area contributed by atoms with Crippen LogP contribution < -0.4 is 0 Å². The van der Waals surface area contributed by atoms with E-state index in [0.29, 0.717) is 0 Å². The van der Waals surface area contributed by atoms with Crippen LogP contribution in [0, 0.1) is 0 Å². The van der Waals surface area contributed by atoms with Gasteiger partial charge >= 0.3 is 0 Å². The second-order valence-electron chi connectivity index (χ2n) is 9.36. The van der Waals surface area contributed by atoms with Gasteiger partial charge in [0.2, 0.25) is 0 Å². The van der Waals surface area contributed by atoms with Crippen LogP contribution in [0.1, 0.15) is 37.0 Å². The first kappa shape index (κ1) is 9.83. The van der Waals surface area contributed by atoms with Gasteiger partial charge in [-0.25, -0.2) is 0 Å². The van der Waals surface area contributed by atoms with Gasteiger partial charge in [0.1, 0.15) is 0 Å². The van der Waals surface area contributed by atoms with Crippen LogP contribution in [0.25, 0.3) is 77.2 Å². The third-order valence-corrected chi connectivity index (χ3v) is 6.95. The van der Waals surface area contributed by atoms with Gasteiger partial charge in [0, 0.05) is 32.9 Å². The number of nitrogens with zero attached hydrogens (tertiary/aromatic N) is 2. The average Bonchev–Trinajstić information content (AvgIpc) is 3.89. The summed E-state index contributed by atoms with van der Waals surface area (Å²) in [7, 11) is 0. The van der Waals surface area contributed by atoms with Gasteiger partial charge in [0.25, 0.3) is 0 Å². The van der Waals surface area contributed by atoms with E-state index in [0.717, 1.165) is 15.2 Å². The van der Waals surface area contributed by atoms with Crippen LogP contribution in [0.2, 0.25) is 0 Å². The van der Waals surface area contributed by atoms with E-state index in [-0.39, 0.29) is 0 Å². The SMILES string of the molecule is [2H]c1c(-c2c([2H])c([2H])c([2H])c([2H])c2[2H])cc(-n2c3c([2H])c([2H])c([2H])c([2H])c3c3c([2H])c(-c4c([2H])c([2H])c5c(c4[2H])c4c([2H])c([2H])c([2H])c([2H])c4n5-c4c([2H])c([2H])c([2H])c([2H])c4[2H])c([2H])c([2H])c32)c([2H])c1[2H]. The van der Waals surface area contributed by atoms with Crippen molar-refractivity contribution < 1.29 is 37.0 Å². The van der Waals surface area contributed by atoms with Crippen molar-refractivity contribution in [2.45, 2.75) is 0 Å². The minimum Gasteiger partial charge on any atom is -0.309 e. The number of hydrogen-bond donors (Lipinski definition) is 0. The Morgan fingerprint density at radius 1 is 0.318 bits per heavy atom. The summed E-state index contributed by atoms with van der Waals surface area (Å²) >= 11 is 0. The highest BCUT2D eigenvalue weighted by atomic mass is 15.0. The molecule has 0 saturated heterocycles. The van der Waals surface area contributed by atoms with E-state index in [1.165, 1.54) is 0 Å². The zero-order chi connectivity index (χ0) is 52.5. The molecule has 7 aromatic carbocycles. The van der Waals surface area contributed by atoms with Crippen molar-refractivity contribution in [1.82, 2.24) is 9.13 Å². The largest absolute Gasteiger partial charge is 0.309 e. The summed E-state index contributed by atoms with van der Waals surface area (Å²) < 4.78 is 240. The van der Waals surface area contributed by atoms with Gasteiger partial charge in [-0.2, -0.15) is 0 Å². The van der Waals surface area contributed by atoms with Gasteiger partial charge in [-0.15, -0.1) is 0 Å². The number of aromatic nitrogens is 2. The average molecular weight is 588 g/mol. The topological polar surface area (TPSA) is 9.86 Å². The normalized spacial score (nSPS) is 20.2. The highest BCUT2D eigenvalue weighted by molar-refractivity contribution is 6.12. The molecule has 0 bridgehead atoms. The second-order valence-corrected chi connectivity index (χ2v) is 9.36. The molecule has 2 aromatic heterocycles. The first-order valence-electron chi connectivity index (χ1n) is 26.4. The summed E-state index contributed by atoms with van der Waals surface area (Å²) in [5.74, 6) is 0. The predicted molar refractivity (Wildman–Crippen MR) is 186 cm³/mol. The first-order valence-corrected chi connectivity index (χ1v) is 12.9. The van der Waals surface area contributed by atoms with Crippen LogP contribution in [-0.2, 0) is 0 Å². The van der Waals surface area contributed by atoms with E-state index < -0.39 is 240 Å². The molecule has 0 saturated carbocycles. The molecule has 0 aliphatic heterocycles. The van der Waals surface area contributed by atoms with Crippen molar-refractivity contribution in [3.63, 3.8) is 0 Å². The molecular formula is C42H28N2. The molecule has 0 spiro atoms. The van der Waals surface area contributed by atoms with Crippen molar-refractivity contribution >= 4 is 43.6 Å². The maximum atomic E-state index is 9.77. The van der Waals surface area contributed by atoms with Gasteiger partial charge in [-0.1, -0.05) is 109 Å². The Morgan fingerprint density at radius 3 is 1.39 bits per heavy atom. The van der Waals surface area contributed by atoms with E-state index in [9.17, 15) is 8.22 Å². The van der Waals surface area contributed by atoms with Gasteiger partial charge in [0.05, 0.1) is 59.1 Å². The molecule has 0 radical (unpaired) electrons. The summed E-state index contributed by atoms with van der Waals surface area (Å²) in [6, 6.07) is -22.5. The molecule has 9 aromatic rings. The zero-order valence-corrected chi connectivity index (χ0v) is 22.0. The number of para-hydroxylation sites is 3. The Hall–Kier alpha value is -5.86. The Kier molecular flexibility index (Phi) is 2.20. The van der Waals surface area contributed by atoms with Crippen molar-refractivity contribution in [3.8, 4) is 33.6 Å². The van der Waals surface area contributed by atoms with Crippen molar-refractivity contribution in [2.75, 3.05) is 0 Å². The summed E-state index contributed by atoms with van der Waals surface area (Å²) in [5.41, 5.74) is -6.27. The fourth-order valence-corrected chi connectivity index (χ4v) is 5.11. The molecule has 0 aliphatic rings. The first-order chi connectivity index (χ1) is 33.1. The van der Waals surface area contributed by atoms with Crippen LogP contribution in [-0.4, -0.2) is 9.13 Å². The monoisotopic (exact) mass is 587 g/mol. The van der Waals surface area contributed by atoms with Crippen molar-refractivity contribution in [1.29, 1.82) is 0 Å². The molecule has 44 heavy (non-hydrogen) atoms. The van der Waals surface area contributed by atoms with E-state index in [1.54, 1.807) is 0 Å². The van der Waals surface area contributed by atoms with Crippen LogP contribution in [0.15, 0.2) is 169 Å². The molecule has 2 heteroatoms. The Balaban J connectivity index is 1.50. The maximum Gasteiger partial charge on any atom is 0.0645 e. The summed E-state index contributed by atoms with van der Waals surface area (Å²) in [5, 5.41) is -2.20. The quantitative estimate of drug-likeness (QED) is 0.194. The second kappa shape index (κ2) is 9.86. The lowest BCUT2D eigenvalue weighted by Crippen LogP contribution is -1.94. The lowest BCUT2D eigenvalue weighted by molar-refractivity contribution is 1.18. The van der Waals surface area contributed by atoms with Gasteiger partial charge < -0.3 is 9.13 Å². The maximum absolute atomic E-state index is 9.77. The van der Waals surface area contributed by atoms with Crippen LogP contribution in [0.5, 0.6) is 0 Å². The minimum absolute atomic E-state index is 0.510. The molecule has 2 nitrogen and oxygen atoms in total. The number of hydrogen-bond acceptors (Lipinski definition) is 0.